The summed E-state index contributed by atoms with van der Waals surface area (Å²) in [7, 11) is 0. The number of piperazine rings is 1. The molecule has 0 spiro atoms. The second-order valence-corrected chi connectivity index (χ2v) is 6.54. The summed E-state index contributed by atoms with van der Waals surface area (Å²) in [6.07, 6.45) is 0. The Balaban J connectivity index is 1.87. The third-order valence-electron chi connectivity index (χ3n) is 3.48. The fourth-order valence-electron chi connectivity index (χ4n) is 2.56. The maximum absolute atomic E-state index is 13.7. The molecule has 1 aromatic carbocycles. The highest BCUT2D eigenvalue weighted by Crippen LogP contribution is 2.18. The van der Waals surface area contributed by atoms with E-state index in [9.17, 15) is 9.50 Å². The summed E-state index contributed by atoms with van der Waals surface area (Å²) >= 11 is 5.91. The summed E-state index contributed by atoms with van der Waals surface area (Å²) in [6.45, 7) is 8.44. The molecule has 0 aliphatic carbocycles. The van der Waals surface area contributed by atoms with Gasteiger partial charge >= 0.3 is 0 Å². The lowest BCUT2D eigenvalue weighted by molar-refractivity contribution is 0.0165. The number of β-amino-alcohol motifs (C(OH)–C–C–N with tert-alkyl or cyclic N) is 1. The number of hydrogen-bond donors (Lipinski definition) is 1. The third kappa shape index (κ3) is 4.70. The van der Waals surface area contributed by atoms with Gasteiger partial charge in [-0.25, -0.2) is 4.39 Å². The first-order valence-corrected chi connectivity index (χ1v) is 7.32. The maximum atomic E-state index is 13.7. The van der Waals surface area contributed by atoms with Crippen LogP contribution in [0.2, 0.25) is 5.02 Å². The Morgan fingerprint density at radius 2 is 1.80 bits per heavy atom. The topological polar surface area (TPSA) is 26.7 Å². The zero-order valence-corrected chi connectivity index (χ0v) is 12.8. The van der Waals surface area contributed by atoms with Gasteiger partial charge in [0.2, 0.25) is 0 Å². The van der Waals surface area contributed by atoms with E-state index in [1.54, 1.807) is 12.1 Å². The third-order valence-corrected chi connectivity index (χ3v) is 3.71. The van der Waals surface area contributed by atoms with Crippen LogP contribution in [0.3, 0.4) is 0 Å². The second-order valence-electron chi connectivity index (χ2n) is 6.10. The van der Waals surface area contributed by atoms with Crippen LogP contribution < -0.4 is 0 Å². The van der Waals surface area contributed by atoms with Crippen molar-refractivity contribution in [2.24, 2.45) is 0 Å². The molecule has 1 aliphatic heterocycles. The molecule has 1 fully saturated rings. The molecular weight excluding hydrogens is 279 g/mol. The van der Waals surface area contributed by atoms with Crippen LogP contribution in [0.25, 0.3) is 0 Å². The lowest BCUT2D eigenvalue weighted by atomic mass is 10.1. The summed E-state index contributed by atoms with van der Waals surface area (Å²) in [6, 6.07) is 4.68. The minimum absolute atomic E-state index is 0.201. The molecule has 1 aromatic rings. The van der Waals surface area contributed by atoms with Crippen molar-refractivity contribution in [1.29, 1.82) is 0 Å². The molecule has 1 N–H and O–H groups in total. The fourth-order valence-corrected chi connectivity index (χ4v) is 2.75. The molecule has 0 radical (unpaired) electrons. The van der Waals surface area contributed by atoms with Crippen molar-refractivity contribution in [2.45, 2.75) is 26.0 Å². The predicted octanol–water partition coefficient (Wildman–Crippen LogP) is 2.37. The molecular formula is C15H22ClFN2O. The van der Waals surface area contributed by atoms with Crippen LogP contribution in [-0.4, -0.2) is 53.2 Å². The van der Waals surface area contributed by atoms with E-state index in [4.69, 9.17) is 11.6 Å². The fraction of sp³-hybridized carbons (Fsp3) is 0.600. The number of aliphatic hydroxyl groups is 1. The standard InChI is InChI=1S/C15H22ClFN2O/c1-15(2,20)11-19-7-5-18(6-8-19)10-12-9-13(16)3-4-14(12)17/h3-4,9,20H,5-8,10-11H2,1-2H3. The van der Waals surface area contributed by atoms with Gasteiger partial charge in [0.05, 0.1) is 5.60 Å². The van der Waals surface area contributed by atoms with E-state index in [0.29, 0.717) is 23.7 Å². The summed E-state index contributed by atoms with van der Waals surface area (Å²) in [5.41, 5.74) is -0.0187. The lowest BCUT2D eigenvalue weighted by Crippen LogP contribution is -2.50. The molecule has 0 bridgehead atoms. The van der Waals surface area contributed by atoms with Gasteiger partial charge in [0, 0.05) is 49.9 Å². The van der Waals surface area contributed by atoms with Crippen molar-refractivity contribution in [3.05, 3.63) is 34.6 Å². The number of halogens is 2. The summed E-state index contributed by atoms with van der Waals surface area (Å²) < 4.78 is 13.7. The highest BCUT2D eigenvalue weighted by Gasteiger charge is 2.23. The van der Waals surface area contributed by atoms with Gasteiger partial charge in [-0.1, -0.05) is 11.6 Å². The van der Waals surface area contributed by atoms with Crippen LogP contribution in [0.4, 0.5) is 4.39 Å². The summed E-state index contributed by atoms with van der Waals surface area (Å²) in [5, 5.41) is 10.4. The van der Waals surface area contributed by atoms with Crippen LogP contribution in [0.1, 0.15) is 19.4 Å². The van der Waals surface area contributed by atoms with E-state index >= 15 is 0 Å². The average molecular weight is 301 g/mol. The van der Waals surface area contributed by atoms with E-state index < -0.39 is 5.60 Å². The number of rotatable bonds is 4. The normalized spacial score (nSPS) is 18.4. The van der Waals surface area contributed by atoms with Crippen LogP contribution in [0, 0.1) is 5.82 Å². The van der Waals surface area contributed by atoms with Gasteiger partial charge in [-0.2, -0.15) is 0 Å². The smallest absolute Gasteiger partial charge is 0.127 e. The van der Waals surface area contributed by atoms with E-state index in [1.165, 1.54) is 6.07 Å². The molecule has 2 rings (SSSR count). The van der Waals surface area contributed by atoms with Crippen molar-refractivity contribution in [3.63, 3.8) is 0 Å². The van der Waals surface area contributed by atoms with E-state index in [-0.39, 0.29) is 5.82 Å². The Bertz CT molecular complexity index is 454. The Kier molecular flexibility index (Phi) is 5.02. The molecule has 5 heteroatoms. The molecule has 20 heavy (non-hydrogen) atoms. The van der Waals surface area contributed by atoms with Gasteiger partial charge in [0.25, 0.3) is 0 Å². The van der Waals surface area contributed by atoms with Crippen LogP contribution >= 0.6 is 11.6 Å². The molecule has 0 unspecified atom stereocenters. The molecule has 1 aliphatic rings. The highest BCUT2D eigenvalue weighted by molar-refractivity contribution is 6.30. The van der Waals surface area contributed by atoms with Gasteiger partial charge < -0.3 is 5.11 Å². The molecule has 1 saturated heterocycles. The van der Waals surface area contributed by atoms with Crippen molar-refractivity contribution >= 4 is 11.6 Å². The largest absolute Gasteiger partial charge is 0.389 e. The SMILES string of the molecule is CC(C)(O)CN1CCN(Cc2cc(Cl)ccc2F)CC1. The van der Waals surface area contributed by atoms with E-state index in [0.717, 1.165) is 26.2 Å². The lowest BCUT2D eigenvalue weighted by Gasteiger charge is -2.37. The van der Waals surface area contributed by atoms with Crippen molar-refractivity contribution < 1.29 is 9.50 Å². The molecule has 0 saturated carbocycles. The number of nitrogens with zero attached hydrogens (tertiary/aromatic N) is 2. The van der Waals surface area contributed by atoms with Gasteiger partial charge in [-0.05, 0) is 32.0 Å². The average Bonchev–Trinajstić information content (AvgIpc) is 2.34. The summed E-state index contributed by atoms with van der Waals surface area (Å²) in [5.74, 6) is -0.201. The molecule has 112 valence electrons. The molecule has 3 nitrogen and oxygen atoms in total. The van der Waals surface area contributed by atoms with E-state index in [1.807, 2.05) is 13.8 Å². The van der Waals surface area contributed by atoms with Crippen molar-refractivity contribution in [3.8, 4) is 0 Å². The minimum Gasteiger partial charge on any atom is -0.389 e. The molecule has 0 aromatic heterocycles. The zero-order chi connectivity index (χ0) is 14.8. The first-order valence-electron chi connectivity index (χ1n) is 6.94. The second kappa shape index (κ2) is 6.39. The van der Waals surface area contributed by atoms with Crippen molar-refractivity contribution in [1.82, 2.24) is 9.80 Å². The van der Waals surface area contributed by atoms with Gasteiger partial charge in [-0.15, -0.1) is 0 Å². The van der Waals surface area contributed by atoms with Crippen LogP contribution in [-0.2, 0) is 6.54 Å². The Labute approximate surface area is 124 Å². The summed E-state index contributed by atoms with van der Waals surface area (Å²) in [4.78, 5) is 4.46. The zero-order valence-electron chi connectivity index (χ0n) is 12.1. The molecule has 0 amide bonds. The Hall–Kier alpha value is -0.680. The molecule has 0 atom stereocenters. The number of benzene rings is 1. The quantitative estimate of drug-likeness (QED) is 0.925. The number of hydrogen-bond acceptors (Lipinski definition) is 3. The highest BCUT2D eigenvalue weighted by atomic mass is 35.5. The van der Waals surface area contributed by atoms with Crippen LogP contribution in [0.5, 0.6) is 0 Å². The maximum Gasteiger partial charge on any atom is 0.127 e. The first-order chi connectivity index (χ1) is 9.33. The Morgan fingerprint density at radius 1 is 1.20 bits per heavy atom. The minimum atomic E-state index is -0.665. The van der Waals surface area contributed by atoms with Gasteiger partial charge in [-0.3, -0.25) is 9.80 Å². The first kappa shape index (κ1) is 15.7. The Morgan fingerprint density at radius 3 is 2.40 bits per heavy atom. The van der Waals surface area contributed by atoms with E-state index in [2.05, 4.69) is 9.80 Å². The monoisotopic (exact) mass is 300 g/mol. The van der Waals surface area contributed by atoms with Crippen molar-refractivity contribution in [2.75, 3.05) is 32.7 Å². The van der Waals surface area contributed by atoms with Gasteiger partial charge in [0.1, 0.15) is 5.82 Å². The molecule has 1 heterocycles. The predicted molar refractivity (Wildman–Crippen MR) is 79.4 cm³/mol. The van der Waals surface area contributed by atoms with Gasteiger partial charge in [0.15, 0.2) is 0 Å². The van der Waals surface area contributed by atoms with Crippen LogP contribution in [0.15, 0.2) is 18.2 Å².